The molecule has 0 aromatic heterocycles. The molecule has 4 aliphatic heterocycles. The molecular weight excluding hydrogens is 572 g/mol. The third-order valence-corrected chi connectivity index (χ3v) is 10.9. The lowest BCUT2D eigenvalue weighted by atomic mass is 9.85. The molecule has 4 fully saturated rings. The topological polar surface area (TPSA) is 75.6 Å². The zero-order chi connectivity index (χ0) is 29.6. The van der Waals surface area contributed by atoms with Gasteiger partial charge in [-0.15, -0.1) is 23.5 Å². The summed E-state index contributed by atoms with van der Waals surface area (Å²) in [5, 5.41) is 10.4. The molecule has 0 aliphatic carbocycles. The first-order valence-corrected chi connectivity index (χ1v) is 17.4. The Morgan fingerprint density at radius 1 is 0.619 bits per heavy atom. The monoisotopic (exact) mass is 618 g/mol. The molecule has 2 aromatic carbocycles. The summed E-state index contributed by atoms with van der Waals surface area (Å²) in [6.07, 6.45) is -1.21. The van der Waals surface area contributed by atoms with Crippen LogP contribution in [0, 0.1) is 17.8 Å². The number of aliphatic hydroxyl groups excluding tert-OH is 1. The summed E-state index contributed by atoms with van der Waals surface area (Å²) < 4.78 is 36.2. The number of rotatable bonds is 6. The Morgan fingerprint density at radius 3 is 1.57 bits per heavy atom. The van der Waals surface area contributed by atoms with E-state index in [0.29, 0.717) is 25.0 Å². The van der Waals surface area contributed by atoms with Crippen LogP contribution < -0.4 is 0 Å². The van der Waals surface area contributed by atoms with Crippen molar-refractivity contribution in [3.05, 3.63) is 71.8 Å². The van der Waals surface area contributed by atoms with Gasteiger partial charge in [0.2, 0.25) is 0 Å². The van der Waals surface area contributed by atoms with E-state index < -0.39 is 6.10 Å². The van der Waals surface area contributed by atoms with E-state index in [-0.39, 0.29) is 53.8 Å². The Balaban J connectivity index is 0.000000168. The molecule has 4 aliphatic rings. The van der Waals surface area contributed by atoms with E-state index in [2.05, 4.69) is 39.8 Å². The van der Waals surface area contributed by atoms with Crippen LogP contribution in [0.15, 0.2) is 60.7 Å². The highest BCUT2D eigenvalue weighted by Crippen LogP contribution is 2.42. The molecule has 9 heteroatoms. The molecule has 0 saturated carbocycles. The minimum absolute atomic E-state index is 0.0305. The minimum Gasteiger partial charge on any atom is -0.389 e. The quantitative estimate of drug-likeness (QED) is 0.394. The first-order valence-electron chi connectivity index (χ1n) is 15.3. The second-order valence-electron chi connectivity index (χ2n) is 11.4. The van der Waals surface area contributed by atoms with Gasteiger partial charge in [0, 0.05) is 17.0 Å². The van der Waals surface area contributed by atoms with Crippen molar-refractivity contribution < 1.29 is 33.5 Å². The maximum absolute atomic E-state index is 10.4. The summed E-state index contributed by atoms with van der Waals surface area (Å²) in [7, 11) is 0. The van der Waals surface area contributed by atoms with Crippen molar-refractivity contribution in [3.63, 3.8) is 0 Å². The molecule has 7 nitrogen and oxygen atoms in total. The van der Waals surface area contributed by atoms with Crippen LogP contribution in [0.2, 0.25) is 0 Å². The molecular formula is C33H46O7S2. The number of hydrogen-bond acceptors (Lipinski definition) is 9. The molecule has 4 heterocycles. The molecule has 6 unspecified atom stereocenters. The van der Waals surface area contributed by atoms with Crippen molar-refractivity contribution in [2.75, 3.05) is 24.7 Å². The molecule has 0 amide bonds. The van der Waals surface area contributed by atoms with Gasteiger partial charge in [0.25, 0.3) is 0 Å². The molecule has 1 N–H and O–H groups in total. The molecule has 0 radical (unpaired) electrons. The lowest BCUT2D eigenvalue weighted by molar-refractivity contribution is -0.307. The largest absolute Gasteiger partial charge is 0.389 e. The fourth-order valence-electron chi connectivity index (χ4n) is 6.02. The Labute approximate surface area is 259 Å². The molecule has 4 saturated heterocycles. The van der Waals surface area contributed by atoms with Crippen LogP contribution in [0.1, 0.15) is 58.3 Å². The summed E-state index contributed by atoms with van der Waals surface area (Å²) in [5.74, 6) is 2.99. The van der Waals surface area contributed by atoms with Crippen LogP contribution in [0.3, 0.4) is 0 Å². The highest BCUT2D eigenvalue weighted by atomic mass is 32.2. The van der Waals surface area contributed by atoms with E-state index in [4.69, 9.17) is 28.4 Å². The van der Waals surface area contributed by atoms with E-state index in [1.165, 1.54) is 0 Å². The number of hydrogen-bond donors (Lipinski definition) is 1. The van der Waals surface area contributed by atoms with Gasteiger partial charge in [-0.05, 0) is 23.3 Å². The average Bonchev–Trinajstić information content (AvgIpc) is 3.03. The number of thioether (sulfide) groups is 2. The third kappa shape index (κ3) is 7.38. The van der Waals surface area contributed by atoms with Crippen molar-refractivity contribution in [1.82, 2.24) is 0 Å². The van der Waals surface area contributed by atoms with Crippen molar-refractivity contribution in [1.29, 1.82) is 0 Å². The molecule has 232 valence electrons. The molecule has 2 aromatic rings. The second-order valence-corrected chi connectivity index (χ2v) is 14.2. The fraction of sp³-hybridized carbons (Fsp3) is 0.636. The van der Waals surface area contributed by atoms with Crippen molar-refractivity contribution in [2.45, 2.75) is 88.6 Å². The lowest BCUT2D eigenvalue weighted by Crippen LogP contribution is -2.57. The SMILES string of the molecule is CCS[C@H]1OC2COC(c3ccccc3)O[C@H]2[C@H](C)C1C.CCS[C@H]1OC2COC(c3ccccc3)O[C@H]2[C@H](C)C1O. The summed E-state index contributed by atoms with van der Waals surface area (Å²) in [6, 6.07) is 20.0. The second kappa shape index (κ2) is 15.2. The van der Waals surface area contributed by atoms with Gasteiger partial charge >= 0.3 is 0 Å². The maximum Gasteiger partial charge on any atom is 0.184 e. The molecule has 42 heavy (non-hydrogen) atoms. The van der Waals surface area contributed by atoms with E-state index in [1.807, 2.05) is 67.2 Å². The Hall–Kier alpha value is -1.14. The van der Waals surface area contributed by atoms with Gasteiger partial charge in [-0.2, -0.15) is 0 Å². The smallest absolute Gasteiger partial charge is 0.184 e. The van der Waals surface area contributed by atoms with Gasteiger partial charge in [0.15, 0.2) is 12.6 Å². The Morgan fingerprint density at radius 2 is 1.07 bits per heavy atom. The zero-order valence-electron chi connectivity index (χ0n) is 25.2. The Kier molecular flexibility index (Phi) is 11.7. The predicted molar refractivity (Wildman–Crippen MR) is 167 cm³/mol. The summed E-state index contributed by atoms with van der Waals surface area (Å²) in [6.45, 7) is 11.9. The van der Waals surface area contributed by atoms with Gasteiger partial charge in [-0.25, -0.2) is 0 Å². The van der Waals surface area contributed by atoms with Crippen LogP contribution >= 0.6 is 23.5 Å². The maximum atomic E-state index is 10.4. The lowest BCUT2D eigenvalue weighted by Gasteiger charge is -2.48. The van der Waals surface area contributed by atoms with E-state index in [0.717, 1.165) is 22.6 Å². The van der Waals surface area contributed by atoms with Crippen molar-refractivity contribution in [3.8, 4) is 0 Å². The van der Waals surface area contributed by atoms with Gasteiger partial charge in [0.05, 0.1) is 31.5 Å². The Bertz CT molecular complexity index is 989. The molecule has 0 spiro atoms. The molecule has 0 bridgehead atoms. The van der Waals surface area contributed by atoms with E-state index in [1.54, 1.807) is 11.8 Å². The van der Waals surface area contributed by atoms with Gasteiger partial charge in [-0.3, -0.25) is 0 Å². The van der Waals surface area contributed by atoms with Crippen molar-refractivity contribution >= 4 is 23.5 Å². The zero-order valence-corrected chi connectivity index (χ0v) is 26.9. The van der Waals surface area contributed by atoms with Crippen LogP contribution in [-0.4, -0.2) is 71.2 Å². The normalized spacial score (nSPS) is 39.8. The van der Waals surface area contributed by atoms with Crippen LogP contribution in [0.4, 0.5) is 0 Å². The average molecular weight is 619 g/mol. The summed E-state index contributed by atoms with van der Waals surface area (Å²) in [4.78, 5) is 0. The summed E-state index contributed by atoms with van der Waals surface area (Å²) in [5.41, 5.74) is 2.15. The number of benzene rings is 2. The van der Waals surface area contributed by atoms with E-state index >= 15 is 0 Å². The van der Waals surface area contributed by atoms with Gasteiger partial charge in [0.1, 0.15) is 23.1 Å². The first-order chi connectivity index (χ1) is 20.4. The van der Waals surface area contributed by atoms with Crippen LogP contribution in [0.5, 0.6) is 0 Å². The highest BCUT2D eigenvalue weighted by Gasteiger charge is 2.48. The summed E-state index contributed by atoms with van der Waals surface area (Å²) >= 11 is 3.52. The number of aliphatic hydroxyl groups is 1. The number of ether oxygens (including phenoxy) is 6. The highest BCUT2D eigenvalue weighted by molar-refractivity contribution is 7.99. The van der Waals surface area contributed by atoms with Gasteiger partial charge < -0.3 is 33.5 Å². The minimum atomic E-state index is -0.509. The predicted octanol–water partition coefficient (Wildman–Crippen LogP) is 6.43. The standard InChI is InChI=1S/C17H24O3S.C16H22O4S/c1-4-21-17-12(3)11(2)15-14(19-17)10-18-16(20-15)13-8-6-5-7-9-13;1-3-21-16-13(17)10(2)14-12(19-16)9-18-15(20-14)11-7-5-4-6-8-11/h5-9,11-12,14-17H,4,10H2,1-3H3;4-8,10,12-17H,3,9H2,1-2H3/t11-,12?,14?,15+,16?,17-;10-,12?,13?,14+,15?,16-/m11/s1. The van der Waals surface area contributed by atoms with E-state index in [9.17, 15) is 5.11 Å². The first kappa shape index (κ1) is 32.3. The van der Waals surface area contributed by atoms with Gasteiger partial charge in [-0.1, -0.05) is 95.3 Å². The third-order valence-electron chi connectivity index (χ3n) is 8.65. The number of fused-ring (bicyclic) bond motifs is 2. The van der Waals surface area contributed by atoms with Crippen molar-refractivity contribution in [2.24, 2.45) is 17.8 Å². The molecule has 6 rings (SSSR count). The fourth-order valence-corrected chi connectivity index (χ4v) is 8.11. The van der Waals surface area contributed by atoms with Crippen LogP contribution in [0.25, 0.3) is 0 Å². The van der Waals surface area contributed by atoms with Crippen LogP contribution in [-0.2, 0) is 28.4 Å². The molecule has 12 atom stereocenters.